The summed E-state index contributed by atoms with van der Waals surface area (Å²) in [5, 5.41) is 6.96. The molecule has 2 amide bonds. The molecule has 3 heterocycles. The number of amides is 2. The van der Waals surface area contributed by atoms with Crippen molar-refractivity contribution in [1.82, 2.24) is 15.2 Å². The fraction of sp³-hybridized carbons (Fsp3) is 0.556. The van der Waals surface area contributed by atoms with E-state index in [1.807, 2.05) is 6.92 Å². The van der Waals surface area contributed by atoms with Crippen LogP contribution in [0.25, 0.3) is 0 Å². The third-order valence-corrected chi connectivity index (χ3v) is 4.74. The van der Waals surface area contributed by atoms with Crippen molar-refractivity contribution < 1.29 is 14.4 Å². The number of hydrogen-bond acceptors (Lipinski definition) is 5. The summed E-state index contributed by atoms with van der Waals surface area (Å²) in [4.78, 5) is 35.9. The van der Waals surface area contributed by atoms with Crippen molar-refractivity contribution in [3.05, 3.63) is 30.1 Å². The second-order valence-corrected chi connectivity index (χ2v) is 6.47. The number of piperidine rings is 1. The summed E-state index contributed by atoms with van der Waals surface area (Å²) in [5.74, 6) is -0.0812. The first-order chi connectivity index (χ1) is 12.2. The second-order valence-electron chi connectivity index (χ2n) is 6.47. The molecule has 0 unspecified atom stereocenters. The molecule has 7 heteroatoms. The largest absolute Gasteiger partial charge is 0.390 e. The second kappa shape index (κ2) is 8.09. The van der Waals surface area contributed by atoms with E-state index in [1.165, 1.54) is 0 Å². The number of likely N-dealkylation sites (tertiary alicyclic amines) is 1. The van der Waals surface area contributed by atoms with E-state index in [9.17, 15) is 9.59 Å². The number of nitrogens with zero attached hydrogens (tertiary/aromatic N) is 3. The minimum atomic E-state index is -0.0666. The zero-order valence-corrected chi connectivity index (χ0v) is 14.5. The Bertz CT molecular complexity index is 639. The third kappa shape index (κ3) is 4.35. The van der Waals surface area contributed by atoms with Crippen LogP contribution in [0.2, 0.25) is 0 Å². The van der Waals surface area contributed by atoms with Gasteiger partial charge in [0.2, 0.25) is 5.91 Å². The van der Waals surface area contributed by atoms with Crippen LogP contribution in [0.1, 0.15) is 43.1 Å². The van der Waals surface area contributed by atoms with E-state index in [-0.39, 0.29) is 23.8 Å². The Morgan fingerprint density at radius 2 is 2.12 bits per heavy atom. The lowest BCUT2D eigenvalue weighted by atomic mass is 9.95. The third-order valence-electron chi connectivity index (χ3n) is 4.74. The molecule has 2 aliphatic heterocycles. The highest BCUT2D eigenvalue weighted by Crippen LogP contribution is 2.19. The average molecular weight is 344 g/mol. The van der Waals surface area contributed by atoms with Gasteiger partial charge < -0.3 is 15.1 Å². The van der Waals surface area contributed by atoms with Crippen LogP contribution in [0.5, 0.6) is 0 Å². The van der Waals surface area contributed by atoms with E-state index >= 15 is 0 Å². The zero-order valence-electron chi connectivity index (χ0n) is 14.5. The maximum Gasteiger partial charge on any atom is 0.272 e. The standard InChI is InChI=1S/C18H24N4O3/c1-2-14-11-15(25-21-14)12-20-17(23)13-6-9-22(10-7-13)18(24)16-5-3-4-8-19-16/h3-5,8,13,15H,2,6-7,9-12H2,1H3,(H,20,23)/t15-/m0/s1. The summed E-state index contributed by atoms with van der Waals surface area (Å²) >= 11 is 0. The predicted octanol–water partition coefficient (Wildman–Crippen LogP) is 1.60. The molecular weight excluding hydrogens is 320 g/mol. The smallest absolute Gasteiger partial charge is 0.272 e. The maximum absolute atomic E-state index is 12.4. The molecule has 25 heavy (non-hydrogen) atoms. The van der Waals surface area contributed by atoms with Gasteiger partial charge in [-0.25, -0.2) is 0 Å². The molecule has 0 saturated carbocycles. The molecule has 1 aromatic rings. The Morgan fingerprint density at radius 3 is 2.76 bits per heavy atom. The predicted molar refractivity (Wildman–Crippen MR) is 93.1 cm³/mol. The molecule has 0 aliphatic carbocycles. The van der Waals surface area contributed by atoms with E-state index in [0.717, 1.165) is 18.6 Å². The van der Waals surface area contributed by atoms with Crippen LogP contribution in [-0.4, -0.2) is 53.1 Å². The topological polar surface area (TPSA) is 83.9 Å². The van der Waals surface area contributed by atoms with Gasteiger partial charge in [-0.3, -0.25) is 14.6 Å². The number of hydrogen-bond donors (Lipinski definition) is 1. The number of carbonyl (C=O) groups is 2. The molecule has 1 saturated heterocycles. The summed E-state index contributed by atoms with van der Waals surface area (Å²) < 4.78 is 0. The van der Waals surface area contributed by atoms with Crippen molar-refractivity contribution in [3.8, 4) is 0 Å². The maximum atomic E-state index is 12.4. The average Bonchev–Trinajstić information content (AvgIpc) is 3.14. The first kappa shape index (κ1) is 17.4. The van der Waals surface area contributed by atoms with Gasteiger partial charge in [-0.1, -0.05) is 18.1 Å². The number of rotatable bonds is 5. The van der Waals surface area contributed by atoms with Gasteiger partial charge >= 0.3 is 0 Å². The summed E-state index contributed by atoms with van der Waals surface area (Å²) in [6, 6.07) is 5.31. The first-order valence-electron chi connectivity index (χ1n) is 8.87. The fourth-order valence-corrected chi connectivity index (χ4v) is 3.16. The van der Waals surface area contributed by atoms with Crippen LogP contribution < -0.4 is 5.32 Å². The normalized spacial score (nSPS) is 20.8. The van der Waals surface area contributed by atoms with Gasteiger partial charge in [0, 0.05) is 31.6 Å². The number of oxime groups is 1. The van der Waals surface area contributed by atoms with Crippen LogP contribution in [0.3, 0.4) is 0 Å². The molecule has 1 N–H and O–H groups in total. The minimum Gasteiger partial charge on any atom is -0.390 e. The molecule has 134 valence electrons. The van der Waals surface area contributed by atoms with Crippen molar-refractivity contribution >= 4 is 17.5 Å². The number of carbonyl (C=O) groups excluding carboxylic acids is 2. The monoisotopic (exact) mass is 344 g/mol. The van der Waals surface area contributed by atoms with E-state index < -0.39 is 0 Å². The Labute approximate surface area is 147 Å². The highest BCUT2D eigenvalue weighted by molar-refractivity contribution is 5.92. The summed E-state index contributed by atoms with van der Waals surface area (Å²) in [6.45, 7) is 3.69. The molecule has 7 nitrogen and oxygen atoms in total. The molecule has 1 aromatic heterocycles. The molecule has 2 aliphatic rings. The van der Waals surface area contributed by atoms with Crippen LogP contribution in [0.4, 0.5) is 0 Å². The summed E-state index contributed by atoms with van der Waals surface area (Å²) in [5.41, 5.74) is 1.50. The number of nitrogens with one attached hydrogen (secondary N) is 1. The van der Waals surface area contributed by atoms with E-state index in [2.05, 4.69) is 15.5 Å². The van der Waals surface area contributed by atoms with E-state index in [1.54, 1.807) is 29.3 Å². The Morgan fingerprint density at radius 1 is 1.32 bits per heavy atom. The zero-order chi connectivity index (χ0) is 17.6. The van der Waals surface area contributed by atoms with Crippen molar-refractivity contribution in [1.29, 1.82) is 0 Å². The lowest BCUT2D eigenvalue weighted by molar-refractivity contribution is -0.126. The molecule has 1 fully saturated rings. The fourth-order valence-electron chi connectivity index (χ4n) is 3.16. The first-order valence-corrected chi connectivity index (χ1v) is 8.87. The van der Waals surface area contributed by atoms with Gasteiger partial charge in [0.15, 0.2) is 0 Å². The summed E-state index contributed by atoms with van der Waals surface area (Å²) in [7, 11) is 0. The molecule has 0 aromatic carbocycles. The Hall–Kier alpha value is -2.44. The van der Waals surface area contributed by atoms with Gasteiger partial charge in [0.1, 0.15) is 11.8 Å². The van der Waals surface area contributed by atoms with Crippen LogP contribution in [0.15, 0.2) is 29.6 Å². The van der Waals surface area contributed by atoms with Crippen molar-refractivity contribution in [2.24, 2.45) is 11.1 Å². The van der Waals surface area contributed by atoms with Crippen LogP contribution in [-0.2, 0) is 9.63 Å². The van der Waals surface area contributed by atoms with Crippen LogP contribution >= 0.6 is 0 Å². The van der Waals surface area contributed by atoms with Gasteiger partial charge in [-0.15, -0.1) is 0 Å². The lowest BCUT2D eigenvalue weighted by Crippen LogP contribution is -2.44. The van der Waals surface area contributed by atoms with E-state index in [0.29, 0.717) is 38.2 Å². The molecule has 3 rings (SSSR count). The van der Waals surface area contributed by atoms with Crippen LogP contribution in [0, 0.1) is 5.92 Å². The van der Waals surface area contributed by atoms with Crippen molar-refractivity contribution in [3.63, 3.8) is 0 Å². The minimum absolute atomic E-state index is 0.0403. The van der Waals surface area contributed by atoms with Crippen molar-refractivity contribution in [2.75, 3.05) is 19.6 Å². The SMILES string of the molecule is CCC1=NO[C@H](CNC(=O)C2CCN(C(=O)c3ccccn3)CC2)C1. The van der Waals surface area contributed by atoms with Crippen molar-refractivity contribution in [2.45, 2.75) is 38.7 Å². The summed E-state index contributed by atoms with van der Waals surface area (Å²) in [6.07, 6.45) is 4.58. The molecule has 0 spiro atoms. The molecule has 0 radical (unpaired) electrons. The van der Waals surface area contributed by atoms with E-state index in [4.69, 9.17) is 4.84 Å². The highest BCUT2D eigenvalue weighted by atomic mass is 16.6. The van der Waals surface area contributed by atoms with Gasteiger partial charge in [0.25, 0.3) is 5.91 Å². The molecular formula is C18H24N4O3. The molecule has 1 atom stereocenters. The Balaban J connectivity index is 1.41. The number of aromatic nitrogens is 1. The highest BCUT2D eigenvalue weighted by Gasteiger charge is 2.29. The Kier molecular flexibility index (Phi) is 5.63. The molecule has 0 bridgehead atoms. The lowest BCUT2D eigenvalue weighted by Gasteiger charge is -2.31. The van der Waals surface area contributed by atoms with Gasteiger partial charge in [0.05, 0.1) is 12.3 Å². The van der Waals surface area contributed by atoms with Gasteiger partial charge in [-0.2, -0.15) is 0 Å². The van der Waals surface area contributed by atoms with Gasteiger partial charge in [-0.05, 0) is 31.4 Å². The quantitative estimate of drug-likeness (QED) is 0.879. The number of pyridine rings is 1.